The number of carbonyl (C=O) groups is 2. The molecule has 1 N–H and O–H groups in total. The van der Waals surface area contributed by atoms with Crippen molar-refractivity contribution >= 4 is 17.7 Å². The van der Waals surface area contributed by atoms with Crippen LogP contribution in [0.5, 0.6) is 0 Å². The van der Waals surface area contributed by atoms with Gasteiger partial charge in [0.15, 0.2) is 0 Å². The molecular weight excluding hydrogens is 298 g/mol. The number of nitrogens with zero attached hydrogens (tertiary/aromatic N) is 2. The van der Waals surface area contributed by atoms with Gasteiger partial charge in [0.2, 0.25) is 0 Å². The lowest BCUT2D eigenvalue weighted by atomic mass is 10.1. The highest BCUT2D eigenvalue weighted by atomic mass is 16.5. The maximum atomic E-state index is 11.8. The van der Waals surface area contributed by atoms with Crippen molar-refractivity contribution in [3.05, 3.63) is 11.3 Å². The Morgan fingerprint density at radius 1 is 1.22 bits per heavy atom. The molecule has 2 heterocycles. The average molecular weight is 319 g/mol. The molecule has 23 heavy (non-hydrogen) atoms. The van der Waals surface area contributed by atoms with Crippen molar-refractivity contribution < 1.29 is 19.1 Å². The van der Waals surface area contributed by atoms with Gasteiger partial charge in [-0.25, -0.2) is 9.59 Å². The predicted molar refractivity (Wildman–Crippen MR) is 82.5 cm³/mol. The number of aliphatic imine (C=N–C) groups is 1. The standard InChI is InChI=1S/C16H21N3O4/c1-3-22-15(20)13-7-5-11(18-13)10(9-17)12-6-8-14(19-12)16(21)23-4-2/h13-14,18H,3-8H2,1-2H3. The van der Waals surface area contributed by atoms with Crippen molar-refractivity contribution in [3.63, 3.8) is 0 Å². The van der Waals surface area contributed by atoms with Gasteiger partial charge >= 0.3 is 11.9 Å². The van der Waals surface area contributed by atoms with E-state index >= 15 is 0 Å². The van der Waals surface area contributed by atoms with Crippen LogP contribution in [0, 0.1) is 11.3 Å². The first-order valence-corrected chi connectivity index (χ1v) is 7.90. The van der Waals surface area contributed by atoms with Crippen LogP contribution in [0.15, 0.2) is 16.3 Å². The van der Waals surface area contributed by atoms with Gasteiger partial charge in [0.1, 0.15) is 18.2 Å². The van der Waals surface area contributed by atoms with Gasteiger partial charge in [0.05, 0.1) is 24.5 Å². The summed E-state index contributed by atoms with van der Waals surface area (Å²) in [7, 11) is 0. The Balaban J connectivity index is 2.11. The number of nitrogens with one attached hydrogen (secondary N) is 1. The Kier molecular flexibility index (Phi) is 5.74. The fourth-order valence-corrected chi connectivity index (χ4v) is 2.76. The van der Waals surface area contributed by atoms with E-state index in [9.17, 15) is 14.9 Å². The molecule has 0 aromatic rings. The van der Waals surface area contributed by atoms with E-state index in [0.29, 0.717) is 55.9 Å². The topological polar surface area (TPSA) is 101 Å². The molecule has 1 saturated heterocycles. The molecular formula is C16H21N3O4. The lowest BCUT2D eigenvalue weighted by molar-refractivity contribution is -0.145. The Morgan fingerprint density at radius 3 is 2.57 bits per heavy atom. The number of carbonyl (C=O) groups excluding carboxylic acids is 2. The largest absolute Gasteiger partial charge is 0.464 e. The van der Waals surface area contributed by atoms with E-state index in [4.69, 9.17) is 9.47 Å². The van der Waals surface area contributed by atoms with E-state index in [-0.39, 0.29) is 11.9 Å². The summed E-state index contributed by atoms with van der Waals surface area (Å²) in [5.74, 6) is -0.661. The summed E-state index contributed by atoms with van der Waals surface area (Å²) in [6.07, 6.45) is 2.29. The number of hydrogen-bond acceptors (Lipinski definition) is 7. The first kappa shape index (κ1) is 17.0. The molecule has 0 aliphatic carbocycles. The number of nitriles is 1. The first-order chi connectivity index (χ1) is 11.1. The molecule has 124 valence electrons. The zero-order valence-corrected chi connectivity index (χ0v) is 13.4. The number of rotatable bonds is 5. The van der Waals surface area contributed by atoms with Gasteiger partial charge in [0.25, 0.3) is 0 Å². The molecule has 2 aliphatic heterocycles. The molecule has 2 aliphatic rings. The third kappa shape index (κ3) is 3.89. The van der Waals surface area contributed by atoms with Crippen LogP contribution in [0.3, 0.4) is 0 Å². The van der Waals surface area contributed by atoms with Crippen LogP contribution < -0.4 is 5.32 Å². The van der Waals surface area contributed by atoms with Gasteiger partial charge < -0.3 is 14.8 Å². The molecule has 0 spiro atoms. The summed E-state index contributed by atoms with van der Waals surface area (Å²) in [6, 6.07) is 1.20. The molecule has 2 rings (SSSR count). The Labute approximate surface area is 135 Å². The SMILES string of the molecule is CCOC(=O)C1CCC(C(C#N)=C2CCC(C(=O)OCC)N2)=N1. The van der Waals surface area contributed by atoms with Crippen molar-refractivity contribution in [1.29, 1.82) is 5.26 Å². The summed E-state index contributed by atoms with van der Waals surface area (Å²) in [6.45, 7) is 4.15. The molecule has 0 radical (unpaired) electrons. The molecule has 0 aromatic heterocycles. The van der Waals surface area contributed by atoms with Gasteiger partial charge in [-0.15, -0.1) is 0 Å². The van der Waals surface area contributed by atoms with Gasteiger partial charge in [-0.1, -0.05) is 0 Å². The van der Waals surface area contributed by atoms with E-state index in [1.54, 1.807) is 13.8 Å². The second-order valence-corrected chi connectivity index (χ2v) is 5.34. The molecule has 0 aromatic carbocycles. The third-order valence-corrected chi connectivity index (χ3v) is 3.83. The van der Waals surface area contributed by atoms with Gasteiger partial charge in [-0.05, 0) is 39.5 Å². The van der Waals surface area contributed by atoms with E-state index < -0.39 is 12.1 Å². The van der Waals surface area contributed by atoms with Crippen LogP contribution in [-0.4, -0.2) is 42.9 Å². The average Bonchev–Trinajstić information content (AvgIpc) is 3.18. The molecule has 1 fully saturated rings. The highest BCUT2D eigenvalue weighted by Gasteiger charge is 2.32. The van der Waals surface area contributed by atoms with Crippen LogP contribution in [0.25, 0.3) is 0 Å². The molecule has 0 saturated carbocycles. The fourth-order valence-electron chi connectivity index (χ4n) is 2.76. The van der Waals surface area contributed by atoms with Gasteiger partial charge in [-0.3, -0.25) is 4.99 Å². The van der Waals surface area contributed by atoms with E-state index in [0.717, 1.165) is 0 Å². The summed E-state index contributed by atoms with van der Waals surface area (Å²) >= 11 is 0. The highest BCUT2D eigenvalue weighted by Crippen LogP contribution is 2.25. The molecule has 0 amide bonds. The highest BCUT2D eigenvalue weighted by molar-refractivity contribution is 6.06. The molecule has 2 unspecified atom stereocenters. The lowest BCUT2D eigenvalue weighted by Crippen LogP contribution is -2.32. The summed E-state index contributed by atoms with van der Waals surface area (Å²) in [5.41, 5.74) is 1.75. The number of esters is 2. The number of allylic oxidation sites excluding steroid dienone is 2. The second kappa shape index (κ2) is 7.77. The van der Waals surface area contributed by atoms with Crippen molar-refractivity contribution in [1.82, 2.24) is 5.32 Å². The molecule has 0 bridgehead atoms. The predicted octanol–water partition coefficient (Wildman–Crippen LogP) is 1.25. The van der Waals surface area contributed by atoms with E-state index in [1.807, 2.05) is 0 Å². The normalized spacial score (nSPS) is 25.2. The molecule has 7 nitrogen and oxygen atoms in total. The maximum absolute atomic E-state index is 11.8. The van der Waals surface area contributed by atoms with Crippen LogP contribution >= 0.6 is 0 Å². The summed E-state index contributed by atoms with van der Waals surface area (Å²) < 4.78 is 9.96. The third-order valence-electron chi connectivity index (χ3n) is 3.83. The van der Waals surface area contributed by atoms with Gasteiger partial charge in [-0.2, -0.15) is 5.26 Å². The van der Waals surface area contributed by atoms with Crippen molar-refractivity contribution in [3.8, 4) is 6.07 Å². The van der Waals surface area contributed by atoms with Crippen LogP contribution in [0.4, 0.5) is 0 Å². The smallest absolute Gasteiger partial charge is 0.330 e. The zero-order valence-electron chi connectivity index (χ0n) is 13.4. The van der Waals surface area contributed by atoms with Crippen LogP contribution in [0.2, 0.25) is 0 Å². The minimum atomic E-state index is -0.531. The minimum absolute atomic E-state index is 0.308. The summed E-state index contributed by atoms with van der Waals surface area (Å²) in [5, 5.41) is 12.5. The van der Waals surface area contributed by atoms with Crippen molar-refractivity contribution in [2.24, 2.45) is 4.99 Å². The Morgan fingerprint density at radius 2 is 1.91 bits per heavy atom. The second-order valence-electron chi connectivity index (χ2n) is 5.34. The lowest BCUT2D eigenvalue weighted by Gasteiger charge is -2.10. The molecule has 2 atom stereocenters. The number of hydrogen-bond donors (Lipinski definition) is 1. The Bertz CT molecular complexity index is 589. The van der Waals surface area contributed by atoms with E-state index in [2.05, 4.69) is 16.4 Å². The van der Waals surface area contributed by atoms with E-state index in [1.165, 1.54) is 0 Å². The van der Waals surface area contributed by atoms with Crippen molar-refractivity contribution in [2.45, 2.75) is 51.6 Å². The van der Waals surface area contributed by atoms with Crippen LogP contribution in [0.1, 0.15) is 39.5 Å². The summed E-state index contributed by atoms with van der Waals surface area (Å²) in [4.78, 5) is 27.8. The van der Waals surface area contributed by atoms with Crippen molar-refractivity contribution in [2.75, 3.05) is 13.2 Å². The first-order valence-electron chi connectivity index (χ1n) is 7.90. The van der Waals surface area contributed by atoms with Gasteiger partial charge in [0, 0.05) is 5.70 Å². The Hall–Kier alpha value is -2.36. The maximum Gasteiger partial charge on any atom is 0.330 e. The quantitative estimate of drug-likeness (QED) is 0.604. The zero-order chi connectivity index (χ0) is 16.8. The number of ether oxygens (including phenoxy) is 2. The fraction of sp³-hybridized carbons (Fsp3) is 0.625. The molecule has 7 heteroatoms. The minimum Gasteiger partial charge on any atom is -0.464 e. The van der Waals surface area contributed by atoms with Crippen LogP contribution in [-0.2, 0) is 19.1 Å². The monoisotopic (exact) mass is 319 g/mol.